The molecule has 94 valence electrons. The van der Waals surface area contributed by atoms with Crippen LogP contribution < -0.4 is 5.32 Å². The Kier molecular flexibility index (Phi) is 4.51. The summed E-state index contributed by atoms with van der Waals surface area (Å²) in [4.78, 5) is 7.07. The third-order valence-electron chi connectivity index (χ3n) is 3.47. The molecule has 17 heavy (non-hydrogen) atoms. The molecule has 3 heteroatoms. The predicted octanol–water partition coefficient (Wildman–Crippen LogP) is 2.03. The second kappa shape index (κ2) is 6.12. The van der Waals surface area contributed by atoms with E-state index >= 15 is 0 Å². The lowest BCUT2D eigenvalue weighted by Crippen LogP contribution is -2.34. The number of rotatable bonds is 4. The normalized spacial score (nSPS) is 21.6. The van der Waals surface area contributed by atoms with E-state index < -0.39 is 0 Å². The minimum absolute atomic E-state index is 0.834. The number of hydrogen-bond donors (Lipinski definition) is 1. The van der Waals surface area contributed by atoms with Crippen LogP contribution in [0, 0.1) is 5.92 Å². The summed E-state index contributed by atoms with van der Waals surface area (Å²) < 4.78 is 0. The first kappa shape index (κ1) is 12.5. The maximum absolute atomic E-state index is 4.53. The molecular weight excluding hydrogens is 210 g/mol. The van der Waals surface area contributed by atoms with Crippen LogP contribution in [0.2, 0.25) is 0 Å². The maximum Gasteiger partial charge on any atom is 0.0588 e. The van der Waals surface area contributed by atoms with E-state index in [1.54, 1.807) is 0 Å². The predicted molar refractivity (Wildman–Crippen MR) is 70.7 cm³/mol. The fourth-order valence-electron chi connectivity index (χ4n) is 2.61. The summed E-state index contributed by atoms with van der Waals surface area (Å²) in [6, 6.07) is 4.20. The Morgan fingerprint density at radius 3 is 3.18 bits per heavy atom. The smallest absolute Gasteiger partial charge is 0.0588 e. The van der Waals surface area contributed by atoms with Crippen LogP contribution in [0.4, 0.5) is 0 Å². The molecule has 1 aliphatic rings. The van der Waals surface area contributed by atoms with Crippen LogP contribution in [0.5, 0.6) is 0 Å². The topological polar surface area (TPSA) is 28.2 Å². The lowest BCUT2D eigenvalue weighted by molar-refractivity contribution is 0.174. The number of hydrogen-bond acceptors (Lipinski definition) is 3. The zero-order valence-corrected chi connectivity index (χ0v) is 10.9. The van der Waals surface area contributed by atoms with Crippen molar-refractivity contribution in [3.05, 3.63) is 29.6 Å². The van der Waals surface area contributed by atoms with E-state index in [0.717, 1.165) is 19.0 Å². The first-order chi connectivity index (χ1) is 8.29. The first-order valence-electron chi connectivity index (χ1n) is 6.59. The van der Waals surface area contributed by atoms with Gasteiger partial charge < -0.3 is 5.32 Å². The van der Waals surface area contributed by atoms with Gasteiger partial charge in [-0.1, -0.05) is 13.0 Å². The molecular formula is C14H23N3. The fourth-order valence-corrected chi connectivity index (χ4v) is 2.61. The standard InChI is InChI=1S/C14H23N3/c1-12-5-4-8-17(10-12)11-14-13(9-15-2)6-3-7-16-14/h3,6-7,12,15H,4-5,8-11H2,1-2H3. The van der Waals surface area contributed by atoms with E-state index in [1.807, 2.05) is 19.3 Å². The lowest BCUT2D eigenvalue weighted by atomic mass is 10.00. The fraction of sp³-hybridized carbons (Fsp3) is 0.643. The average Bonchev–Trinajstić information content (AvgIpc) is 2.32. The molecule has 2 rings (SSSR count). The number of aromatic nitrogens is 1. The van der Waals surface area contributed by atoms with Crippen molar-refractivity contribution in [1.82, 2.24) is 15.2 Å². The molecule has 0 spiro atoms. The molecule has 2 heterocycles. The molecule has 0 amide bonds. The van der Waals surface area contributed by atoms with E-state index in [2.05, 4.69) is 28.2 Å². The monoisotopic (exact) mass is 233 g/mol. The highest BCUT2D eigenvalue weighted by molar-refractivity contribution is 5.19. The van der Waals surface area contributed by atoms with Crippen LogP contribution in [-0.2, 0) is 13.1 Å². The summed E-state index contributed by atoms with van der Waals surface area (Å²) in [6.45, 7) is 6.70. The van der Waals surface area contributed by atoms with E-state index in [-0.39, 0.29) is 0 Å². The van der Waals surface area contributed by atoms with Crippen molar-refractivity contribution in [1.29, 1.82) is 0 Å². The zero-order valence-electron chi connectivity index (χ0n) is 10.9. The third kappa shape index (κ3) is 3.51. The van der Waals surface area contributed by atoms with Crippen molar-refractivity contribution in [3.63, 3.8) is 0 Å². The third-order valence-corrected chi connectivity index (χ3v) is 3.47. The van der Waals surface area contributed by atoms with E-state index in [0.29, 0.717) is 0 Å². The Labute approximate surface area is 104 Å². The molecule has 1 aromatic heterocycles. The number of likely N-dealkylation sites (tertiary alicyclic amines) is 1. The van der Waals surface area contributed by atoms with Gasteiger partial charge in [-0.3, -0.25) is 9.88 Å². The Morgan fingerprint density at radius 1 is 1.53 bits per heavy atom. The van der Waals surface area contributed by atoms with Crippen molar-refractivity contribution >= 4 is 0 Å². The average molecular weight is 233 g/mol. The van der Waals surface area contributed by atoms with Crippen molar-refractivity contribution in [2.24, 2.45) is 5.92 Å². The minimum atomic E-state index is 0.834. The van der Waals surface area contributed by atoms with Crippen LogP contribution >= 0.6 is 0 Å². The molecule has 1 fully saturated rings. The SMILES string of the molecule is CNCc1cccnc1CN1CCCC(C)C1. The van der Waals surface area contributed by atoms with Crippen LogP contribution in [0.25, 0.3) is 0 Å². The second-order valence-corrected chi connectivity index (χ2v) is 5.12. The quantitative estimate of drug-likeness (QED) is 0.862. The summed E-state index contributed by atoms with van der Waals surface area (Å²) >= 11 is 0. The van der Waals surface area contributed by atoms with Gasteiger partial charge in [-0.2, -0.15) is 0 Å². The highest BCUT2D eigenvalue weighted by atomic mass is 15.1. The summed E-state index contributed by atoms with van der Waals surface area (Å²) in [5.74, 6) is 0.834. The summed E-state index contributed by atoms with van der Waals surface area (Å²) in [6.07, 6.45) is 4.61. The van der Waals surface area contributed by atoms with Crippen molar-refractivity contribution in [2.75, 3.05) is 20.1 Å². The Balaban J connectivity index is 2.01. The molecule has 0 saturated carbocycles. The Morgan fingerprint density at radius 2 is 2.41 bits per heavy atom. The van der Waals surface area contributed by atoms with Crippen LogP contribution in [0.15, 0.2) is 18.3 Å². The van der Waals surface area contributed by atoms with E-state index in [4.69, 9.17) is 0 Å². The van der Waals surface area contributed by atoms with Crippen molar-refractivity contribution < 1.29 is 0 Å². The van der Waals surface area contributed by atoms with Crippen LogP contribution in [-0.4, -0.2) is 30.0 Å². The Hall–Kier alpha value is -0.930. The summed E-state index contributed by atoms with van der Waals surface area (Å²) in [5.41, 5.74) is 2.56. The minimum Gasteiger partial charge on any atom is -0.316 e. The zero-order chi connectivity index (χ0) is 12.1. The highest BCUT2D eigenvalue weighted by Gasteiger charge is 2.17. The largest absolute Gasteiger partial charge is 0.316 e. The summed E-state index contributed by atoms with van der Waals surface area (Å²) in [5, 5.41) is 3.21. The van der Waals surface area contributed by atoms with Gasteiger partial charge in [-0.25, -0.2) is 0 Å². The van der Waals surface area contributed by atoms with Gasteiger partial charge in [0.25, 0.3) is 0 Å². The second-order valence-electron chi connectivity index (χ2n) is 5.12. The molecule has 1 atom stereocenters. The van der Waals surface area contributed by atoms with Gasteiger partial charge >= 0.3 is 0 Å². The van der Waals surface area contributed by atoms with Crippen LogP contribution in [0.3, 0.4) is 0 Å². The number of nitrogens with one attached hydrogen (secondary N) is 1. The van der Waals surface area contributed by atoms with Crippen molar-refractivity contribution in [2.45, 2.75) is 32.9 Å². The lowest BCUT2D eigenvalue weighted by Gasteiger charge is -2.30. The number of nitrogens with zero attached hydrogens (tertiary/aromatic N) is 2. The van der Waals surface area contributed by atoms with E-state index in [9.17, 15) is 0 Å². The van der Waals surface area contributed by atoms with E-state index in [1.165, 1.54) is 37.2 Å². The van der Waals surface area contributed by atoms with Gasteiger partial charge in [-0.15, -0.1) is 0 Å². The number of pyridine rings is 1. The molecule has 0 bridgehead atoms. The molecule has 1 N–H and O–H groups in total. The molecule has 3 nitrogen and oxygen atoms in total. The maximum atomic E-state index is 4.53. The molecule has 0 radical (unpaired) electrons. The van der Waals surface area contributed by atoms with Gasteiger partial charge in [-0.05, 0) is 44.0 Å². The van der Waals surface area contributed by atoms with Crippen LogP contribution in [0.1, 0.15) is 31.0 Å². The van der Waals surface area contributed by atoms with Crippen molar-refractivity contribution in [3.8, 4) is 0 Å². The molecule has 1 aliphatic heterocycles. The van der Waals surface area contributed by atoms with Gasteiger partial charge in [0.15, 0.2) is 0 Å². The molecule has 0 aromatic carbocycles. The van der Waals surface area contributed by atoms with Gasteiger partial charge in [0.1, 0.15) is 0 Å². The van der Waals surface area contributed by atoms with Gasteiger partial charge in [0.05, 0.1) is 5.69 Å². The first-order valence-corrected chi connectivity index (χ1v) is 6.59. The molecule has 1 unspecified atom stereocenters. The molecule has 0 aliphatic carbocycles. The summed E-state index contributed by atoms with van der Waals surface area (Å²) in [7, 11) is 1.99. The molecule has 1 saturated heterocycles. The Bertz CT molecular complexity index is 351. The number of piperidine rings is 1. The molecule has 1 aromatic rings. The highest BCUT2D eigenvalue weighted by Crippen LogP contribution is 2.18. The van der Waals surface area contributed by atoms with Gasteiger partial charge in [0.2, 0.25) is 0 Å². The van der Waals surface area contributed by atoms with Gasteiger partial charge in [0, 0.05) is 25.8 Å².